The number of esters is 2. The second kappa shape index (κ2) is 5.59. The Morgan fingerprint density at radius 1 is 1.39 bits per heavy atom. The molecule has 0 bridgehead atoms. The molecule has 18 heavy (non-hydrogen) atoms. The van der Waals surface area contributed by atoms with E-state index in [0.29, 0.717) is 22.0 Å². The Bertz CT molecular complexity index is 467. The third-order valence-corrected chi connectivity index (χ3v) is 3.25. The summed E-state index contributed by atoms with van der Waals surface area (Å²) in [6.07, 6.45) is -0.484. The molecule has 1 atom stereocenters. The van der Waals surface area contributed by atoms with Crippen molar-refractivity contribution in [3.8, 4) is 0 Å². The Morgan fingerprint density at radius 2 is 2.06 bits per heavy atom. The molecule has 0 aliphatic carbocycles. The largest absolute Gasteiger partial charge is 0.463 e. The number of cyclic esters (lactones) is 1. The molecule has 0 spiro atoms. The molecular weight excluding hydrogens is 279 g/mol. The summed E-state index contributed by atoms with van der Waals surface area (Å²) in [6, 6.07) is 4.97. The predicted octanol–water partition coefficient (Wildman–Crippen LogP) is 2.39. The fraction of sp³-hybridized carbons (Fsp3) is 0.333. The lowest BCUT2D eigenvalue weighted by Crippen LogP contribution is -2.23. The lowest BCUT2D eigenvalue weighted by molar-refractivity contribution is -0.159. The van der Waals surface area contributed by atoms with Crippen molar-refractivity contribution in [1.29, 1.82) is 0 Å². The van der Waals surface area contributed by atoms with Gasteiger partial charge in [0.1, 0.15) is 0 Å². The van der Waals surface area contributed by atoms with E-state index in [4.69, 9.17) is 32.7 Å². The van der Waals surface area contributed by atoms with Gasteiger partial charge in [0, 0.05) is 22.0 Å². The zero-order chi connectivity index (χ0) is 13.1. The molecule has 1 heterocycles. The number of halogens is 2. The number of ether oxygens (including phenoxy) is 2. The number of hydrogen-bond donors (Lipinski definition) is 0. The fourth-order valence-electron chi connectivity index (χ4n) is 1.63. The van der Waals surface area contributed by atoms with Gasteiger partial charge in [-0.1, -0.05) is 29.3 Å². The molecule has 0 amide bonds. The number of carbonyl (C=O) groups is 2. The van der Waals surface area contributed by atoms with Gasteiger partial charge in [-0.05, 0) is 12.1 Å². The van der Waals surface area contributed by atoms with E-state index in [1.165, 1.54) is 0 Å². The standard InChI is InChI=1S/C12H10Cl2O4/c13-8-2-1-3-9(14)7(8)6-11(15)18-10-4-5-17-12(10)16/h1-3,10H,4-6H2/t10-/m0/s1. The summed E-state index contributed by atoms with van der Waals surface area (Å²) in [5.41, 5.74) is 0.497. The van der Waals surface area contributed by atoms with Crippen LogP contribution in [0, 0.1) is 0 Å². The summed E-state index contributed by atoms with van der Waals surface area (Å²) in [7, 11) is 0. The molecule has 1 aliphatic heterocycles. The molecule has 1 aromatic rings. The molecule has 1 saturated heterocycles. The molecule has 4 nitrogen and oxygen atoms in total. The molecule has 1 fully saturated rings. The molecular formula is C12H10Cl2O4. The van der Waals surface area contributed by atoms with Crippen molar-refractivity contribution in [1.82, 2.24) is 0 Å². The lowest BCUT2D eigenvalue weighted by atomic mass is 10.1. The molecule has 0 saturated carbocycles. The maximum Gasteiger partial charge on any atom is 0.347 e. The fourth-order valence-corrected chi connectivity index (χ4v) is 2.16. The van der Waals surface area contributed by atoms with Crippen molar-refractivity contribution in [2.24, 2.45) is 0 Å². The molecule has 96 valence electrons. The zero-order valence-corrected chi connectivity index (χ0v) is 10.8. The summed E-state index contributed by atoms with van der Waals surface area (Å²) < 4.78 is 9.70. The van der Waals surface area contributed by atoms with Crippen LogP contribution in [-0.4, -0.2) is 24.6 Å². The summed E-state index contributed by atoms with van der Waals surface area (Å²) >= 11 is 11.9. The first-order valence-electron chi connectivity index (χ1n) is 5.37. The Kier molecular flexibility index (Phi) is 4.09. The Labute approximate surface area is 114 Å². The van der Waals surface area contributed by atoms with Gasteiger partial charge in [0.05, 0.1) is 13.0 Å². The van der Waals surface area contributed by atoms with E-state index < -0.39 is 18.0 Å². The van der Waals surface area contributed by atoms with Crippen LogP contribution in [0.1, 0.15) is 12.0 Å². The highest BCUT2D eigenvalue weighted by Crippen LogP contribution is 2.25. The van der Waals surface area contributed by atoms with Crippen LogP contribution in [0.2, 0.25) is 10.0 Å². The summed E-state index contributed by atoms with van der Waals surface area (Å²) in [4.78, 5) is 22.8. The van der Waals surface area contributed by atoms with E-state index in [0.717, 1.165) is 0 Å². The number of hydrogen-bond acceptors (Lipinski definition) is 4. The van der Waals surface area contributed by atoms with Crippen molar-refractivity contribution < 1.29 is 19.1 Å². The molecule has 0 radical (unpaired) electrons. The van der Waals surface area contributed by atoms with Gasteiger partial charge in [0.2, 0.25) is 6.10 Å². The molecule has 0 aromatic heterocycles. The van der Waals surface area contributed by atoms with Crippen LogP contribution in [0.15, 0.2) is 18.2 Å². The summed E-state index contributed by atoms with van der Waals surface area (Å²) in [5.74, 6) is -1.05. The van der Waals surface area contributed by atoms with Crippen LogP contribution in [0.25, 0.3) is 0 Å². The van der Waals surface area contributed by atoms with Crippen LogP contribution in [0.3, 0.4) is 0 Å². The van der Waals surface area contributed by atoms with Gasteiger partial charge in [-0.2, -0.15) is 0 Å². The van der Waals surface area contributed by atoms with Gasteiger partial charge < -0.3 is 9.47 Å². The van der Waals surface area contributed by atoms with Gasteiger partial charge in [-0.15, -0.1) is 0 Å². The first-order chi connectivity index (χ1) is 8.58. The molecule has 6 heteroatoms. The first-order valence-corrected chi connectivity index (χ1v) is 6.12. The summed E-state index contributed by atoms with van der Waals surface area (Å²) in [6.45, 7) is 0.281. The van der Waals surface area contributed by atoms with Crippen LogP contribution in [0.5, 0.6) is 0 Å². The summed E-state index contributed by atoms with van der Waals surface area (Å²) in [5, 5.41) is 0.793. The topological polar surface area (TPSA) is 52.6 Å². The Hall–Kier alpha value is -1.26. The average molecular weight is 289 g/mol. The van der Waals surface area contributed by atoms with Crippen molar-refractivity contribution in [3.05, 3.63) is 33.8 Å². The first kappa shape index (κ1) is 13.2. The van der Waals surface area contributed by atoms with Crippen molar-refractivity contribution >= 4 is 35.1 Å². The predicted molar refractivity (Wildman–Crippen MR) is 65.6 cm³/mol. The third-order valence-electron chi connectivity index (χ3n) is 2.54. The molecule has 1 aliphatic rings. The second-order valence-corrected chi connectivity index (χ2v) is 4.63. The average Bonchev–Trinajstić information content (AvgIpc) is 2.70. The minimum absolute atomic E-state index is 0.0672. The lowest BCUT2D eigenvalue weighted by Gasteiger charge is -2.10. The van der Waals surface area contributed by atoms with Gasteiger partial charge in [-0.25, -0.2) is 4.79 Å². The van der Waals surface area contributed by atoms with Crippen LogP contribution in [-0.2, 0) is 25.5 Å². The normalized spacial score (nSPS) is 18.6. The SMILES string of the molecule is O=C(Cc1c(Cl)cccc1Cl)O[C@H]1CCOC1=O. The zero-order valence-electron chi connectivity index (χ0n) is 9.32. The van der Waals surface area contributed by atoms with Crippen LogP contribution < -0.4 is 0 Å². The van der Waals surface area contributed by atoms with Crippen LogP contribution in [0.4, 0.5) is 0 Å². The number of benzene rings is 1. The second-order valence-electron chi connectivity index (χ2n) is 3.81. The van der Waals surface area contributed by atoms with Crippen molar-refractivity contribution in [3.63, 3.8) is 0 Å². The van der Waals surface area contributed by atoms with E-state index >= 15 is 0 Å². The quantitative estimate of drug-likeness (QED) is 0.802. The monoisotopic (exact) mass is 288 g/mol. The smallest absolute Gasteiger partial charge is 0.347 e. The molecule has 0 unspecified atom stereocenters. The van der Waals surface area contributed by atoms with E-state index in [1.807, 2.05) is 0 Å². The maximum absolute atomic E-state index is 11.7. The number of rotatable bonds is 3. The highest BCUT2D eigenvalue weighted by atomic mass is 35.5. The Balaban J connectivity index is 2.01. The molecule has 0 N–H and O–H groups in total. The van der Waals surface area contributed by atoms with E-state index in [1.54, 1.807) is 18.2 Å². The van der Waals surface area contributed by atoms with Gasteiger partial charge >= 0.3 is 11.9 Å². The molecule has 2 rings (SSSR count). The number of carbonyl (C=O) groups excluding carboxylic acids is 2. The maximum atomic E-state index is 11.7. The highest BCUT2D eigenvalue weighted by Gasteiger charge is 2.30. The Morgan fingerprint density at radius 3 is 2.61 bits per heavy atom. The van der Waals surface area contributed by atoms with E-state index in [9.17, 15) is 9.59 Å². The van der Waals surface area contributed by atoms with E-state index in [2.05, 4.69) is 0 Å². The van der Waals surface area contributed by atoms with Crippen molar-refractivity contribution in [2.75, 3.05) is 6.61 Å². The molecule has 1 aromatic carbocycles. The van der Waals surface area contributed by atoms with E-state index in [-0.39, 0.29) is 13.0 Å². The highest BCUT2D eigenvalue weighted by molar-refractivity contribution is 6.36. The third kappa shape index (κ3) is 2.94. The van der Waals surface area contributed by atoms with Crippen molar-refractivity contribution in [2.45, 2.75) is 18.9 Å². The minimum atomic E-state index is -0.807. The van der Waals surface area contributed by atoms with Crippen LogP contribution >= 0.6 is 23.2 Å². The minimum Gasteiger partial charge on any atom is -0.463 e. The van der Waals surface area contributed by atoms with Gasteiger partial charge in [-0.3, -0.25) is 4.79 Å². The van der Waals surface area contributed by atoms with Gasteiger partial charge in [0.25, 0.3) is 0 Å². The van der Waals surface area contributed by atoms with Gasteiger partial charge in [0.15, 0.2) is 0 Å².